The molecular weight excluding hydrogens is 260 g/mol. The van der Waals surface area contributed by atoms with Crippen LogP contribution in [0.15, 0.2) is 0 Å². The predicted molar refractivity (Wildman–Crippen MR) is 73.4 cm³/mol. The zero-order valence-corrected chi connectivity index (χ0v) is 12.0. The lowest BCUT2D eigenvalue weighted by molar-refractivity contribution is -0.145. The average molecular weight is 284 g/mol. The van der Waals surface area contributed by atoms with Gasteiger partial charge in [-0.2, -0.15) is 0 Å². The molecule has 2 fully saturated rings. The number of nitrogens with zero attached hydrogens (tertiary/aromatic N) is 1. The van der Waals surface area contributed by atoms with Crippen LogP contribution in [-0.2, 0) is 14.3 Å². The fraction of sp³-hybridized carbons (Fsp3) is 0.857. The van der Waals surface area contributed by atoms with Gasteiger partial charge in [-0.15, -0.1) is 0 Å². The van der Waals surface area contributed by atoms with Gasteiger partial charge in [0.05, 0.1) is 25.3 Å². The molecule has 6 nitrogen and oxygen atoms in total. The number of hydrogen-bond acceptors (Lipinski definition) is 4. The number of carbonyl (C=O) groups is 2. The molecule has 0 aliphatic carbocycles. The van der Waals surface area contributed by atoms with Crippen molar-refractivity contribution in [2.75, 3.05) is 26.3 Å². The number of carboxylic acids is 1. The summed E-state index contributed by atoms with van der Waals surface area (Å²) in [5.74, 6) is -1.44. The maximum absolute atomic E-state index is 12.7. The number of ether oxygens (including phenoxy) is 1. The Balaban J connectivity index is 2.08. The van der Waals surface area contributed by atoms with Crippen LogP contribution >= 0.6 is 0 Å². The number of rotatable bonds is 5. The quantitative estimate of drug-likeness (QED) is 0.767. The first kappa shape index (κ1) is 15.3. The standard InChI is InChI=1S/C14H24N2O4/c1-2-7-16(12-9-20-8-10(12)14(18)19)13(17)11-5-3-4-6-15-11/h10-12,15H,2-9H2,1H3,(H,18,19)/t10?,11-,12?/m1/s1. The van der Waals surface area contributed by atoms with Crippen LogP contribution in [0, 0.1) is 5.92 Å². The first-order valence-electron chi connectivity index (χ1n) is 7.49. The van der Waals surface area contributed by atoms with Gasteiger partial charge < -0.3 is 20.1 Å². The van der Waals surface area contributed by atoms with Crippen molar-refractivity contribution in [1.82, 2.24) is 10.2 Å². The highest BCUT2D eigenvalue weighted by Gasteiger charge is 2.41. The van der Waals surface area contributed by atoms with Crippen LogP contribution in [0.4, 0.5) is 0 Å². The SMILES string of the molecule is CCCN(C(=O)[C@H]1CCCCN1)C1COCC1C(=O)O. The number of carboxylic acid groups (broad SMARTS) is 1. The Labute approximate surface area is 119 Å². The second-order valence-corrected chi connectivity index (χ2v) is 5.58. The Morgan fingerprint density at radius 1 is 1.35 bits per heavy atom. The van der Waals surface area contributed by atoms with Gasteiger partial charge in [-0.1, -0.05) is 13.3 Å². The summed E-state index contributed by atoms with van der Waals surface area (Å²) >= 11 is 0. The Morgan fingerprint density at radius 3 is 2.75 bits per heavy atom. The monoisotopic (exact) mass is 284 g/mol. The van der Waals surface area contributed by atoms with E-state index in [1.165, 1.54) is 0 Å². The molecule has 3 atom stereocenters. The Hall–Kier alpha value is -1.14. The lowest BCUT2D eigenvalue weighted by Gasteiger charge is -2.34. The Bertz CT molecular complexity index is 355. The summed E-state index contributed by atoms with van der Waals surface area (Å²) < 4.78 is 5.30. The normalized spacial score (nSPS) is 30.1. The van der Waals surface area contributed by atoms with Crippen LogP contribution < -0.4 is 5.32 Å². The second-order valence-electron chi connectivity index (χ2n) is 5.58. The van der Waals surface area contributed by atoms with E-state index in [-0.39, 0.29) is 24.6 Å². The summed E-state index contributed by atoms with van der Waals surface area (Å²) in [6.45, 7) is 3.98. The lowest BCUT2D eigenvalue weighted by Crippen LogP contribution is -2.54. The molecular formula is C14H24N2O4. The molecule has 1 amide bonds. The fourth-order valence-electron chi connectivity index (χ4n) is 3.03. The summed E-state index contributed by atoms with van der Waals surface area (Å²) in [7, 11) is 0. The van der Waals surface area contributed by atoms with Gasteiger partial charge in [-0.3, -0.25) is 9.59 Å². The molecule has 0 spiro atoms. The van der Waals surface area contributed by atoms with Gasteiger partial charge in [-0.05, 0) is 25.8 Å². The molecule has 2 aliphatic heterocycles. The first-order chi connectivity index (χ1) is 9.65. The molecule has 2 N–H and O–H groups in total. The van der Waals surface area contributed by atoms with E-state index in [1.807, 2.05) is 6.92 Å². The van der Waals surface area contributed by atoms with E-state index in [9.17, 15) is 14.7 Å². The lowest BCUT2D eigenvalue weighted by atomic mass is 9.98. The van der Waals surface area contributed by atoms with Gasteiger partial charge in [-0.25, -0.2) is 0 Å². The van der Waals surface area contributed by atoms with Crippen molar-refractivity contribution >= 4 is 11.9 Å². The molecule has 2 unspecified atom stereocenters. The van der Waals surface area contributed by atoms with Crippen molar-refractivity contribution in [3.63, 3.8) is 0 Å². The minimum atomic E-state index is -0.877. The van der Waals surface area contributed by atoms with E-state index in [0.29, 0.717) is 13.2 Å². The third kappa shape index (κ3) is 3.30. The smallest absolute Gasteiger partial charge is 0.311 e. The molecule has 20 heavy (non-hydrogen) atoms. The highest BCUT2D eigenvalue weighted by atomic mass is 16.5. The summed E-state index contributed by atoms with van der Waals surface area (Å²) in [5, 5.41) is 12.5. The third-order valence-electron chi connectivity index (χ3n) is 4.12. The number of carbonyl (C=O) groups excluding carboxylic acids is 1. The van der Waals surface area contributed by atoms with Crippen LogP contribution in [0.5, 0.6) is 0 Å². The minimum absolute atomic E-state index is 0.0355. The van der Waals surface area contributed by atoms with Gasteiger partial charge in [0.25, 0.3) is 0 Å². The molecule has 6 heteroatoms. The second kappa shape index (κ2) is 7.04. The molecule has 0 saturated carbocycles. The Morgan fingerprint density at radius 2 is 2.15 bits per heavy atom. The molecule has 2 rings (SSSR count). The van der Waals surface area contributed by atoms with Crippen molar-refractivity contribution in [1.29, 1.82) is 0 Å². The van der Waals surface area contributed by atoms with Gasteiger partial charge in [0, 0.05) is 6.54 Å². The van der Waals surface area contributed by atoms with Gasteiger partial charge in [0.15, 0.2) is 0 Å². The van der Waals surface area contributed by atoms with Crippen LogP contribution in [0.2, 0.25) is 0 Å². The molecule has 2 heterocycles. The highest BCUT2D eigenvalue weighted by molar-refractivity contribution is 5.83. The summed E-state index contributed by atoms with van der Waals surface area (Å²) in [5.41, 5.74) is 0. The molecule has 2 saturated heterocycles. The van der Waals surface area contributed by atoms with Crippen molar-refractivity contribution in [2.45, 2.75) is 44.7 Å². The Kier molecular flexibility index (Phi) is 5.37. The van der Waals surface area contributed by atoms with Crippen LogP contribution in [0.1, 0.15) is 32.6 Å². The molecule has 114 valence electrons. The third-order valence-corrected chi connectivity index (χ3v) is 4.12. The van der Waals surface area contributed by atoms with E-state index < -0.39 is 11.9 Å². The predicted octanol–water partition coefficient (Wildman–Crippen LogP) is 0.467. The van der Waals surface area contributed by atoms with Gasteiger partial charge >= 0.3 is 5.97 Å². The molecule has 0 aromatic carbocycles. The van der Waals surface area contributed by atoms with E-state index in [2.05, 4.69) is 5.32 Å². The van der Waals surface area contributed by atoms with Crippen LogP contribution in [0.25, 0.3) is 0 Å². The molecule has 0 aromatic rings. The zero-order chi connectivity index (χ0) is 14.5. The maximum atomic E-state index is 12.7. The average Bonchev–Trinajstić information content (AvgIpc) is 2.94. The number of hydrogen-bond donors (Lipinski definition) is 2. The van der Waals surface area contributed by atoms with Crippen molar-refractivity contribution in [2.24, 2.45) is 5.92 Å². The topological polar surface area (TPSA) is 78.9 Å². The van der Waals surface area contributed by atoms with Crippen LogP contribution in [0.3, 0.4) is 0 Å². The van der Waals surface area contributed by atoms with Crippen molar-refractivity contribution in [3.8, 4) is 0 Å². The van der Waals surface area contributed by atoms with E-state index in [4.69, 9.17) is 4.74 Å². The summed E-state index contributed by atoms with van der Waals surface area (Å²) in [6, 6.07) is -0.492. The number of nitrogens with one attached hydrogen (secondary N) is 1. The van der Waals surface area contributed by atoms with E-state index >= 15 is 0 Å². The summed E-state index contributed by atoms with van der Waals surface area (Å²) in [6.07, 6.45) is 3.81. The van der Waals surface area contributed by atoms with Crippen molar-refractivity contribution < 1.29 is 19.4 Å². The highest BCUT2D eigenvalue weighted by Crippen LogP contribution is 2.22. The zero-order valence-electron chi connectivity index (χ0n) is 12.0. The number of piperidine rings is 1. The first-order valence-corrected chi connectivity index (χ1v) is 7.49. The van der Waals surface area contributed by atoms with Crippen LogP contribution in [-0.4, -0.2) is 60.3 Å². The number of aliphatic carboxylic acids is 1. The van der Waals surface area contributed by atoms with Gasteiger partial charge in [0.1, 0.15) is 5.92 Å². The minimum Gasteiger partial charge on any atom is -0.481 e. The molecule has 0 radical (unpaired) electrons. The van der Waals surface area contributed by atoms with E-state index in [1.54, 1.807) is 4.90 Å². The van der Waals surface area contributed by atoms with Crippen molar-refractivity contribution in [3.05, 3.63) is 0 Å². The summed E-state index contributed by atoms with van der Waals surface area (Å²) in [4.78, 5) is 25.7. The largest absolute Gasteiger partial charge is 0.481 e. The fourth-order valence-corrected chi connectivity index (χ4v) is 3.03. The number of amides is 1. The molecule has 0 bridgehead atoms. The molecule has 0 aromatic heterocycles. The molecule has 2 aliphatic rings. The van der Waals surface area contributed by atoms with Gasteiger partial charge in [0.2, 0.25) is 5.91 Å². The maximum Gasteiger partial charge on any atom is 0.311 e. The van der Waals surface area contributed by atoms with E-state index in [0.717, 1.165) is 32.2 Å².